The molecular formula is C22H20ClN3O2S. The van der Waals surface area contributed by atoms with Crippen molar-refractivity contribution < 1.29 is 4.79 Å². The molecule has 1 atom stereocenters. The summed E-state index contributed by atoms with van der Waals surface area (Å²) in [5.41, 5.74) is 3.48. The van der Waals surface area contributed by atoms with E-state index in [1.54, 1.807) is 16.7 Å². The number of benzene rings is 2. The van der Waals surface area contributed by atoms with Crippen LogP contribution in [-0.2, 0) is 17.6 Å². The van der Waals surface area contributed by atoms with E-state index >= 15 is 0 Å². The van der Waals surface area contributed by atoms with Crippen molar-refractivity contribution in [2.24, 2.45) is 7.05 Å². The van der Waals surface area contributed by atoms with Gasteiger partial charge in [0.15, 0.2) is 5.16 Å². The molecule has 1 amide bonds. The number of nitrogens with one attached hydrogen (secondary N) is 1. The Morgan fingerprint density at radius 1 is 1.17 bits per heavy atom. The number of carbonyl (C=O) groups excluding carboxylic acids is 1. The molecule has 0 radical (unpaired) electrons. The molecule has 0 saturated heterocycles. The Kier molecular flexibility index (Phi) is 5.48. The van der Waals surface area contributed by atoms with Crippen LogP contribution in [0.3, 0.4) is 0 Å². The summed E-state index contributed by atoms with van der Waals surface area (Å²) in [5, 5.41) is 4.07. The molecule has 29 heavy (non-hydrogen) atoms. The summed E-state index contributed by atoms with van der Waals surface area (Å²) in [6, 6.07) is 15.4. The number of hydrogen-bond donors (Lipinski definition) is 1. The first kappa shape index (κ1) is 19.7. The lowest BCUT2D eigenvalue weighted by Crippen LogP contribution is -2.33. The van der Waals surface area contributed by atoms with Crippen LogP contribution in [0.4, 0.5) is 5.82 Å². The van der Waals surface area contributed by atoms with Gasteiger partial charge in [0.2, 0.25) is 5.91 Å². The van der Waals surface area contributed by atoms with Gasteiger partial charge in [-0.05, 0) is 35.7 Å². The van der Waals surface area contributed by atoms with Gasteiger partial charge in [-0.1, -0.05) is 59.8 Å². The summed E-state index contributed by atoms with van der Waals surface area (Å²) in [7, 11) is 1.83. The second-order valence-corrected chi connectivity index (χ2v) is 8.47. The van der Waals surface area contributed by atoms with Gasteiger partial charge in [-0.15, -0.1) is 0 Å². The van der Waals surface area contributed by atoms with Crippen LogP contribution in [0.5, 0.6) is 0 Å². The van der Waals surface area contributed by atoms with Gasteiger partial charge in [-0.25, -0.2) is 0 Å². The highest BCUT2D eigenvalue weighted by Crippen LogP contribution is 2.36. The molecule has 3 aromatic rings. The molecule has 2 heterocycles. The molecule has 0 bridgehead atoms. The normalized spacial score (nSPS) is 15.7. The number of anilines is 1. The minimum Gasteiger partial charge on any atom is -0.312 e. The number of aryl methyl sites for hydroxylation is 1. The summed E-state index contributed by atoms with van der Waals surface area (Å²) in [5.74, 6) is 0.764. The lowest BCUT2D eigenvalue weighted by molar-refractivity contribution is -0.116. The summed E-state index contributed by atoms with van der Waals surface area (Å²) < 4.78 is 1.81. The monoisotopic (exact) mass is 425 g/mol. The lowest BCUT2D eigenvalue weighted by atomic mass is 9.87. The van der Waals surface area contributed by atoms with Gasteiger partial charge in [-0.2, -0.15) is 4.98 Å². The highest BCUT2D eigenvalue weighted by molar-refractivity contribution is 7.98. The number of nitrogens with zero attached hydrogens (tertiary/aromatic N) is 2. The first-order valence-electron chi connectivity index (χ1n) is 9.27. The van der Waals surface area contributed by atoms with E-state index < -0.39 is 0 Å². The van der Waals surface area contributed by atoms with Crippen molar-refractivity contribution in [3.8, 4) is 0 Å². The largest absolute Gasteiger partial charge is 0.312 e. The van der Waals surface area contributed by atoms with Crippen LogP contribution >= 0.6 is 23.4 Å². The van der Waals surface area contributed by atoms with Crippen LogP contribution in [0, 0.1) is 6.92 Å². The Labute approximate surface area is 178 Å². The number of aromatic nitrogens is 2. The number of amides is 1. The van der Waals surface area contributed by atoms with E-state index in [9.17, 15) is 9.59 Å². The molecule has 1 aliphatic rings. The number of fused-ring (bicyclic) bond motifs is 1. The van der Waals surface area contributed by atoms with E-state index in [-0.39, 0.29) is 23.8 Å². The number of thioether (sulfide) groups is 1. The highest BCUT2D eigenvalue weighted by Gasteiger charge is 2.32. The molecule has 0 aliphatic carbocycles. The molecule has 0 saturated carbocycles. The molecule has 5 nitrogen and oxygen atoms in total. The van der Waals surface area contributed by atoms with Crippen molar-refractivity contribution in [1.82, 2.24) is 9.55 Å². The van der Waals surface area contributed by atoms with Crippen LogP contribution in [0.2, 0.25) is 5.02 Å². The molecule has 4 rings (SSSR count). The lowest BCUT2D eigenvalue weighted by Gasteiger charge is -2.27. The van der Waals surface area contributed by atoms with E-state index in [0.29, 0.717) is 27.3 Å². The van der Waals surface area contributed by atoms with Gasteiger partial charge in [0.05, 0.1) is 5.56 Å². The second kappa shape index (κ2) is 8.05. The van der Waals surface area contributed by atoms with E-state index in [1.165, 1.54) is 22.9 Å². The van der Waals surface area contributed by atoms with Crippen molar-refractivity contribution in [3.05, 3.63) is 86.2 Å². The number of halogens is 1. The fourth-order valence-corrected chi connectivity index (χ4v) is 4.73. The molecule has 0 fully saturated rings. The molecule has 0 spiro atoms. The minimum absolute atomic E-state index is 0.117. The van der Waals surface area contributed by atoms with Crippen LogP contribution in [-0.4, -0.2) is 15.5 Å². The van der Waals surface area contributed by atoms with Gasteiger partial charge in [0.1, 0.15) is 5.82 Å². The molecule has 1 aromatic heterocycles. The third kappa shape index (κ3) is 3.95. The Bertz CT molecular complexity index is 1140. The quantitative estimate of drug-likeness (QED) is 0.493. The zero-order valence-corrected chi connectivity index (χ0v) is 17.7. The smallest absolute Gasteiger partial charge is 0.279 e. The summed E-state index contributed by atoms with van der Waals surface area (Å²) in [6.07, 6.45) is 0.210. The summed E-state index contributed by atoms with van der Waals surface area (Å²) in [4.78, 5) is 29.7. The van der Waals surface area contributed by atoms with Crippen LogP contribution in [0.1, 0.15) is 34.6 Å². The first-order chi connectivity index (χ1) is 13.9. The van der Waals surface area contributed by atoms with Crippen LogP contribution in [0.15, 0.2) is 58.5 Å². The van der Waals surface area contributed by atoms with Gasteiger partial charge in [-0.3, -0.25) is 9.59 Å². The predicted octanol–water partition coefficient (Wildman–Crippen LogP) is 4.51. The molecule has 1 aliphatic heterocycles. The molecule has 1 N–H and O–H groups in total. The maximum atomic E-state index is 13.0. The third-order valence-electron chi connectivity index (χ3n) is 5.19. The average molecular weight is 426 g/mol. The Morgan fingerprint density at radius 3 is 2.62 bits per heavy atom. The summed E-state index contributed by atoms with van der Waals surface area (Å²) >= 11 is 7.48. The van der Waals surface area contributed by atoms with Gasteiger partial charge in [0, 0.05) is 30.2 Å². The second-order valence-electron chi connectivity index (χ2n) is 7.09. The van der Waals surface area contributed by atoms with Gasteiger partial charge in [0.25, 0.3) is 5.56 Å². The Balaban J connectivity index is 1.72. The molecule has 148 valence electrons. The fourth-order valence-electron chi connectivity index (χ4n) is 3.56. The molecule has 2 aromatic carbocycles. The van der Waals surface area contributed by atoms with E-state index in [0.717, 1.165) is 5.56 Å². The first-order valence-corrected chi connectivity index (χ1v) is 10.6. The number of carbonyl (C=O) groups is 1. The zero-order chi connectivity index (χ0) is 20.5. The van der Waals surface area contributed by atoms with E-state index in [1.807, 2.05) is 31.3 Å². The SMILES string of the molecule is Cc1ccccc1CSc1nc(=O)c2c(n1C)NC(=O)CC2c1ccc(Cl)cc1. The maximum Gasteiger partial charge on any atom is 0.279 e. The maximum absolute atomic E-state index is 13.0. The van der Waals surface area contributed by atoms with Gasteiger partial charge >= 0.3 is 0 Å². The van der Waals surface area contributed by atoms with E-state index in [2.05, 4.69) is 29.4 Å². The predicted molar refractivity (Wildman–Crippen MR) is 117 cm³/mol. The average Bonchev–Trinajstić information content (AvgIpc) is 2.70. The van der Waals surface area contributed by atoms with Crippen molar-refractivity contribution in [2.75, 3.05) is 5.32 Å². The fraction of sp³-hybridized carbons (Fsp3) is 0.227. The Hall–Kier alpha value is -2.57. The van der Waals surface area contributed by atoms with Crippen molar-refractivity contribution >= 4 is 35.1 Å². The number of rotatable bonds is 4. The third-order valence-corrected chi connectivity index (χ3v) is 6.52. The van der Waals surface area contributed by atoms with Crippen molar-refractivity contribution in [2.45, 2.75) is 30.2 Å². The topological polar surface area (TPSA) is 64.0 Å². The summed E-state index contributed by atoms with van der Waals surface area (Å²) in [6.45, 7) is 2.06. The Morgan fingerprint density at radius 2 is 1.90 bits per heavy atom. The standard InChI is InChI=1S/C22H20ClN3O2S/c1-13-5-3-4-6-15(13)12-29-22-25-21(28)19-17(14-7-9-16(23)10-8-14)11-18(27)24-20(19)26(22)2/h3-10,17H,11-12H2,1-2H3,(H,24,27). The molecular weight excluding hydrogens is 406 g/mol. The molecule has 7 heteroatoms. The van der Waals surface area contributed by atoms with Crippen molar-refractivity contribution in [3.63, 3.8) is 0 Å². The van der Waals surface area contributed by atoms with E-state index in [4.69, 9.17) is 11.6 Å². The highest BCUT2D eigenvalue weighted by atomic mass is 35.5. The zero-order valence-electron chi connectivity index (χ0n) is 16.1. The van der Waals surface area contributed by atoms with Gasteiger partial charge < -0.3 is 9.88 Å². The number of hydrogen-bond acceptors (Lipinski definition) is 4. The van der Waals surface area contributed by atoms with Crippen LogP contribution < -0.4 is 10.9 Å². The minimum atomic E-state index is -0.336. The molecule has 1 unspecified atom stereocenters. The van der Waals surface area contributed by atoms with Crippen molar-refractivity contribution in [1.29, 1.82) is 0 Å². The van der Waals surface area contributed by atoms with Crippen LogP contribution in [0.25, 0.3) is 0 Å².